The van der Waals surface area contributed by atoms with E-state index in [1.165, 1.54) is 6.92 Å². The zero-order valence-corrected chi connectivity index (χ0v) is 16.0. The third kappa shape index (κ3) is 6.02. The minimum atomic E-state index is -0.167. The highest BCUT2D eigenvalue weighted by molar-refractivity contribution is 9.10. The second kappa shape index (κ2) is 8.89. The minimum absolute atomic E-state index is 0.0724. The highest BCUT2D eigenvalue weighted by Crippen LogP contribution is 2.24. The fraction of sp³-hybridized carbons (Fsp3) is 0.222. The van der Waals surface area contributed by atoms with Crippen molar-refractivity contribution in [3.63, 3.8) is 0 Å². The molecule has 2 amide bonds. The zero-order valence-electron chi connectivity index (χ0n) is 13.6. The fourth-order valence-corrected chi connectivity index (χ4v) is 3.18. The Balaban J connectivity index is 1.90. The van der Waals surface area contributed by atoms with Crippen molar-refractivity contribution in [2.75, 3.05) is 16.4 Å². The Bertz CT molecular complexity index is 732. The van der Waals surface area contributed by atoms with Gasteiger partial charge < -0.3 is 10.6 Å². The van der Waals surface area contributed by atoms with Crippen molar-refractivity contribution in [2.45, 2.75) is 25.2 Å². The third-order valence-electron chi connectivity index (χ3n) is 3.17. The summed E-state index contributed by atoms with van der Waals surface area (Å²) in [5.41, 5.74) is 2.26. The van der Waals surface area contributed by atoms with Crippen molar-refractivity contribution in [1.29, 1.82) is 0 Å². The van der Waals surface area contributed by atoms with Crippen LogP contribution in [0.25, 0.3) is 0 Å². The molecular formula is C18H19BrN2O2S. The van der Waals surface area contributed by atoms with Gasteiger partial charge in [-0.2, -0.15) is 0 Å². The zero-order chi connectivity index (χ0) is 17.5. The standard InChI is InChI=1S/C18H19BrN2O2S/c1-12-3-8-16(20-13(2)22)17(11-12)21-18(23)9-10-24-15-6-4-14(19)5-7-15/h3-8,11H,9-10H2,1-2H3,(H,20,22)(H,21,23). The van der Waals surface area contributed by atoms with E-state index >= 15 is 0 Å². The second-order valence-electron chi connectivity index (χ2n) is 5.33. The highest BCUT2D eigenvalue weighted by atomic mass is 79.9. The first-order chi connectivity index (χ1) is 11.4. The van der Waals surface area contributed by atoms with Crippen LogP contribution in [0.2, 0.25) is 0 Å². The van der Waals surface area contributed by atoms with E-state index < -0.39 is 0 Å². The Morgan fingerprint density at radius 1 is 1.04 bits per heavy atom. The summed E-state index contributed by atoms with van der Waals surface area (Å²) in [6.07, 6.45) is 0.397. The lowest BCUT2D eigenvalue weighted by Crippen LogP contribution is -2.15. The Labute approximate surface area is 154 Å². The number of anilines is 2. The van der Waals surface area contributed by atoms with Crippen LogP contribution in [0.4, 0.5) is 11.4 Å². The number of rotatable bonds is 6. The summed E-state index contributed by atoms with van der Waals surface area (Å²) in [6.45, 7) is 3.39. The molecule has 0 aliphatic carbocycles. The number of thioether (sulfide) groups is 1. The van der Waals surface area contributed by atoms with Gasteiger partial charge in [0.15, 0.2) is 0 Å². The van der Waals surface area contributed by atoms with E-state index in [4.69, 9.17) is 0 Å². The van der Waals surface area contributed by atoms with E-state index in [0.29, 0.717) is 23.5 Å². The molecule has 0 bridgehead atoms. The molecule has 2 aromatic carbocycles. The van der Waals surface area contributed by atoms with Crippen LogP contribution < -0.4 is 10.6 Å². The summed E-state index contributed by atoms with van der Waals surface area (Å²) < 4.78 is 1.04. The molecule has 2 rings (SSSR count). The van der Waals surface area contributed by atoms with Crippen LogP contribution in [-0.4, -0.2) is 17.6 Å². The molecule has 0 radical (unpaired) electrons. The first kappa shape index (κ1) is 18.5. The van der Waals surface area contributed by atoms with Crippen molar-refractivity contribution in [2.24, 2.45) is 0 Å². The predicted molar refractivity (Wildman–Crippen MR) is 104 cm³/mol. The maximum atomic E-state index is 12.2. The average molecular weight is 407 g/mol. The maximum absolute atomic E-state index is 12.2. The van der Waals surface area contributed by atoms with Crippen molar-refractivity contribution >= 4 is 50.9 Å². The Hall–Kier alpha value is -1.79. The summed E-state index contributed by atoms with van der Waals surface area (Å²) in [7, 11) is 0. The Morgan fingerprint density at radius 2 is 1.75 bits per heavy atom. The van der Waals surface area contributed by atoms with E-state index in [2.05, 4.69) is 26.6 Å². The monoisotopic (exact) mass is 406 g/mol. The van der Waals surface area contributed by atoms with Gasteiger partial charge in [0.2, 0.25) is 11.8 Å². The van der Waals surface area contributed by atoms with Gasteiger partial charge in [0.1, 0.15) is 0 Å². The maximum Gasteiger partial charge on any atom is 0.225 e. The molecule has 0 heterocycles. The lowest BCUT2D eigenvalue weighted by molar-refractivity contribution is -0.116. The largest absolute Gasteiger partial charge is 0.325 e. The molecule has 2 aromatic rings. The minimum Gasteiger partial charge on any atom is -0.325 e. The average Bonchev–Trinajstić information content (AvgIpc) is 2.51. The number of hydrogen-bond acceptors (Lipinski definition) is 3. The Kier molecular flexibility index (Phi) is 6.87. The topological polar surface area (TPSA) is 58.2 Å². The summed E-state index contributed by atoms with van der Waals surface area (Å²) in [5, 5.41) is 5.61. The lowest BCUT2D eigenvalue weighted by atomic mass is 10.2. The van der Waals surface area contributed by atoms with Gasteiger partial charge in [-0.15, -0.1) is 11.8 Å². The van der Waals surface area contributed by atoms with E-state index in [0.717, 1.165) is 14.9 Å². The molecule has 6 heteroatoms. The van der Waals surface area contributed by atoms with Crippen LogP contribution >= 0.6 is 27.7 Å². The number of amides is 2. The van der Waals surface area contributed by atoms with Crippen LogP contribution in [0.5, 0.6) is 0 Å². The van der Waals surface area contributed by atoms with E-state index in [9.17, 15) is 9.59 Å². The SMILES string of the molecule is CC(=O)Nc1ccc(C)cc1NC(=O)CCSc1ccc(Br)cc1. The first-order valence-corrected chi connectivity index (χ1v) is 9.28. The summed E-state index contributed by atoms with van der Waals surface area (Å²) in [5.74, 6) is 0.450. The molecule has 24 heavy (non-hydrogen) atoms. The number of halogens is 1. The van der Waals surface area contributed by atoms with Gasteiger partial charge in [0, 0.05) is 28.5 Å². The van der Waals surface area contributed by atoms with Crippen LogP contribution in [-0.2, 0) is 9.59 Å². The molecule has 0 aromatic heterocycles. The second-order valence-corrected chi connectivity index (χ2v) is 7.41. The third-order valence-corrected chi connectivity index (χ3v) is 4.71. The van der Waals surface area contributed by atoms with Gasteiger partial charge in [-0.05, 0) is 48.9 Å². The van der Waals surface area contributed by atoms with Crippen molar-refractivity contribution in [1.82, 2.24) is 0 Å². The van der Waals surface area contributed by atoms with Gasteiger partial charge in [-0.3, -0.25) is 9.59 Å². The lowest BCUT2D eigenvalue weighted by Gasteiger charge is -2.12. The molecule has 0 saturated heterocycles. The number of aryl methyl sites for hydroxylation is 1. The number of nitrogens with one attached hydrogen (secondary N) is 2. The van der Waals surface area contributed by atoms with Gasteiger partial charge in [0.25, 0.3) is 0 Å². The molecule has 126 valence electrons. The highest BCUT2D eigenvalue weighted by Gasteiger charge is 2.09. The fourth-order valence-electron chi connectivity index (χ4n) is 2.07. The number of benzene rings is 2. The van der Waals surface area contributed by atoms with Crippen LogP contribution in [0, 0.1) is 6.92 Å². The van der Waals surface area contributed by atoms with Gasteiger partial charge >= 0.3 is 0 Å². The molecule has 2 N–H and O–H groups in total. The van der Waals surface area contributed by atoms with E-state index in [1.54, 1.807) is 17.8 Å². The predicted octanol–water partition coefficient (Wildman–Crippen LogP) is 4.84. The molecule has 0 unspecified atom stereocenters. The van der Waals surface area contributed by atoms with E-state index in [1.807, 2.05) is 43.3 Å². The molecule has 0 spiro atoms. The molecule has 0 atom stereocenters. The number of hydrogen-bond donors (Lipinski definition) is 2. The first-order valence-electron chi connectivity index (χ1n) is 7.50. The number of carbonyl (C=O) groups is 2. The number of carbonyl (C=O) groups excluding carboxylic acids is 2. The van der Waals surface area contributed by atoms with E-state index in [-0.39, 0.29) is 11.8 Å². The summed E-state index contributed by atoms with van der Waals surface area (Å²) >= 11 is 5.03. The van der Waals surface area contributed by atoms with Crippen molar-refractivity contribution < 1.29 is 9.59 Å². The molecular weight excluding hydrogens is 388 g/mol. The normalized spacial score (nSPS) is 10.3. The molecule has 0 saturated carbocycles. The van der Waals surface area contributed by atoms with Crippen LogP contribution in [0.15, 0.2) is 51.8 Å². The van der Waals surface area contributed by atoms with Gasteiger partial charge in [-0.25, -0.2) is 0 Å². The molecule has 0 fully saturated rings. The van der Waals surface area contributed by atoms with Gasteiger partial charge in [0.05, 0.1) is 11.4 Å². The molecule has 4 nitrogen and oxygen atoms in total. The summed E-state index contributed by atoms with van der Waals surface area (Å²) in [6, 6.07) is 13.5. The van der Waals surface area contributed by atoms with Crippen molar-refractivity contribution in [3.05, 3.63) is 52.5 Å². The Morgan fingerprint density at radius 3 is 2.42 bits per heavy atom. The molecule has 0 aliphatic rings. The molecule has 0 aliphatic heterocycles. The van der Waals surface area contributed by atoms with Crippen LogP contribution in [0.3, 0.4) is 0 Å². The van der Waals surface area contributed by atoms with Crippen molar-refractivity contribution in [3.8, 4) is 0 Å². The smallest absolute Gasteiger partial charge is 0.225 e. The quantitative estimate of drug-likeness (QED) is 0.674. The summed E-state index contributed by atoms with van der Waals surface area (Å²) in [4.78, 5) is 24.5. The van der Waals surface area contributed by atoms with Gasteiger partial charge in [-0.1, -0.05) is 22.0 Å². The van der Waals surface area contributed by atoms with Crippen LogP contribution in [0.1, 0.15) is 18.9 Å².